The van der Waals surface area contributed by atoms with Crippen molar-refractivity contribution in [1.82, 2.24) is 4.90 Å². The number of rotatable bonds is 3. The minimum Gasteiger partial charge on any atom is -0.371 e. The first kappa shape index (κ1) is 10.7. The molecule has 2 nitrogen and oxygen atoms in total. The zero-order valence-electron chi connectivity index (χ0n) is 9.83. The Balaban J connectivity index is 2.24. The van der Waals surface area contributed by atoms with E-state index >= 15 is 0 Å². The molecule has 0 aromatic carbocycles. The SMILES string of the molecule is CCC[C@@H]1[C@@H](CC)C(=O)C=C2CCCN21. The van der Waals surface area contributed by atoms with Crippen molar-refractivity contribution < 1.29 is 4.79 Å². The molecule has 0 bridgehead atoms. The highest BCUT2D eigenvalue weighted by molar-refractivity contribution is 5.93. The van der Waals surface area contributed by atoms with Crippen LogP contribution < -0.4 is 0 Å². The topological polar surface area (TPSA) is 20.3 Å². The molecular weight excluding hydrogens is 186 g/mol. The maximum absolute atomic E-state index is 12.0. The lowest BCUT2D eigenvalue weighted by Crippen LogP contribution is -2.44. The van der Waals surface area contributed by atoms with Gasteiger partial charge in [-0.25, -0.2) is 0 Å². The van der Waals surface area contributed by atoms with Gasteiger partial charge in [-0.3, -0.25) is 4.79 Å². The molecule has 84 valence electrons. The molecule has 0 aromatic heterocycles. The first-order chi connectivity index (χ1) is 7.27. The van der Waals surface area contributed by atoms with Gasteiger partial charge in [0.15, 0.2) is 5.78 Å². The van der Waals surface area contributed by atoms with E-state index in [2.05, 4.69) is 18.7 Å². The Hall–Kier alpha value is -0.790. The van der Waals surface area contributed by atoms with Crippen molar-refractivity contribution in [3.05, 3.63) is 11.8 Å². The maximum atomic E-state index is 12.0. The van der Waals surface area contributed by atoms with Gasteiger partial charge in [0.25, 0.3) is 0 Å². The van der Waals surface area contributed by atoms with E-state index in [0.29, 0.717) is 11.8 Å². The van der Waals surface area contributed by atoms with Crippen molar-refractivity contribution in [3.8, 4) is 0 Å². The van der Waals surface area contributed by atoms with E-state index < -0.39 is 0 Å². The number of carbonyl (C=O) groups excluding carboxylic acids is 1. The van der Waals surface area contributed by atoms with E-state index in [9.17, 15) is 4.79 Å². The lowest BCUT2D eigenvalue weighted by Gasteiger charge is -2.38. The third-order valence-corrected chi connectivity index (χ3v) is 3.76. The molecule has 0 aromatic rings. The van der Waals surface area contributed by atoms with E-state index in [1.54, 1.807) is 0 Å². The Morgan fingerprint density at radius 2 is 2.27 bits per heavy atom. The van der Waals surface area contributed by atoms with E-state index in [-0.39, 0.29) is 5.92 Å². The molecule has 0 radical (unpaired) electrons. The normalized spacial score (nSPS) is 30.4. The van der Waals surface area contributed by atoms with E-state index in [0.717, 1.165) is 12.8 Å². The molecule has 2 aliphatic rings. The van der Waals surface area contributed by atoms with Crippen LogP contribution in [0.5, 0.6) is 0 Å². The summed E-state index contributed by atoms with van der Waals surface area (Å²) >= 11 is 0. The molecule has 0 spiro atoms. The van der Waals surface area contributed by atoms with Crippen molar-refractivity contribution in [1.29, 1.82) is 0 Å². The molecule has 0 amide bonds. The molecule has 0 aliphatic carbocycles. The van der Waals surface area contributed by atoms with Crippen LogP contribution in [0.25, 0.3) is 0 Å². The van der Waals surface area contributed by atoms with Crippen LogP contribution in [-0.4, -0.2) is 23.3 Å². The van der Waals surface area contributed by atoms with Gasteiger partial charge in [-0.2, -0.15) is 0 Å². The smallest absolute Gasteiger partial charge is 0.162 e. The molecule has 0 N–H and O–H groups in total. The molecule has 1 fully saturated rings. The predicted molar refractivity (Wildman–Crippen MR) is 61.5 cm³/mol. The molecule has 15 heavy (non-hydrogen) atoms. The van der Waals surface area contributed by atoms with Gasteiger partial charge >= 0.3 is 0 Å². The van der Waals surface area contributed by atoms with Crippen LogP contribution in [0.3, 0.4) is 0 Å². The largest absolute Gasteiger partial charge is 0.371 e. The Morgan fingerprint density at radius 3 is 2.93 bits per heavy atom. The molecule has 2 aliphatic heterocycles. The number of fused-ring (bicyclic) bond motifs is 1. The first-order valence-corrected chi connectivity index (χ1v) is 6.29. The lowest BCUT2D eigenvalue weighted by molar-refractivity contribution is -0.121. The van der Waals surface area contributed by atoms with Gasteiger partial charge in [0.2, 0.25) is 0 Å². The fourth-order valence-electron chi connectivity index (χ4n) is 3.06. The van der Waals surface area contributed by atoms with Crippen LogP contribution >= 0.6 is 0 Å². The van der Waals surface area contributed by atoms with E-state index in [1.165, 1.54) is 31.5 Å². The second kappa shape index (κ2) is 4.38. The Kier molecular flexibility index (Phi) is 3.13. The van der Waals surface area contributed by atoms with Crippen LogP contribution in [0, 0.1) is 5.92 Å². The molecule has 2 rings (SSSR count). The standard InChI is InChI=1S/C13H21NO/c1-3-6-12-11(4-2)13(15)9-10-7-5-8-14(10)12/h9,11-12H,3-8H2,1-2H3/t11-,12-/m1/s1. The fraction of sp³-hybridized carbons (Fsp3) is 0.769. The molecule has 2 heterocycles. The average molecular weight is 207 g/mol. The van der Waals surface area contributed by atoms with Gasteiger partial charge < -0.3 is 4.90 Å². The fourth-order valence-corrected chi connectivity index (χ4v) is 3.06. The highest BCUT2D eigenvalue weighted by atomic mass is 16.1. The summed E-state index contributed by atoms with van der Waals surface area (Å²) < 4.78 is 0. The minimum atomic E-state index is 0.256. The average Bonchev–Trinajstić information content (AvgIpc) is 2.66. The Labute approximate surface area is 92.3 Å². The summed E-state index contributed by atoms with van der Waals surface area (Å²) in [6.45, 7) is 5.52. The van der Waals surface area contributed by atoms with Gasteiger partial charge in [0.05, 0.1) is 0 Å². The molecule has 1 saturated heterocycles. The number of allylic oxidation sites excluding steroid dienone is 2. The third-order valence-electron chi connectivity index (χ3n) is 3.76. The summed E-state index contributed by atoms with van der Waals surface area (Å²) in [6, 6.07) is 0.495. The van der Waals surface area contributed by atoms with Gasteiger partial charge in [-0.15, -0.1) is 0 Å². The van der Waals surface area contributed by atoms with E-state index in [4.69, 9.17) is 0 Å². The predicted octanol–water partition coefficient (Wildman–Crippen LogP) is 2.74. The number of nitrogens with zero attached hydrogens (tertiary/aromatic N) is 1. The summed E-state index contributed by atoms with van der Waals surface area (Å²) in [4.78, 5) is 14.4. The monoisotopic (exact) mass is 207 g/mol. The van der Waals surface area contributed by atoms with Crippen molar-refractivity contribution in [2.45, 2.75) is 52.0 Å². The van der Waals surface area contributed by atoms with Crippen LogP contribution in [0.2, 0.25) is 0 Å². The summed E-state index contributed by atoms with van der Waals surface area (Å²) in [7, 11) is 0. The van der Waals surface area contributed by atoms with E-state index in [1.807, 2.05) is 6.08 Å². The first-order valence-electron chi connectivity index (χ1n) is 6.29. The summed E-state index contributed by atoms with van der Waals surface area (Å²) in [5.41, 5.74) is 1.31. The highest BCUT2D eigenvalue weighted by Crippen LogP contribution is 2.35. The molecule has 2 atom stereocenters. The van der Waals surface area contributed by atoms with Gasteiger partial charge in [-0.1, -0.05) is 20.3 Å². The zero-order valence-corrected chi connectivity index (χ0v) is 9.83. The quantitative estimate of drug-likeness (QED) is 0.709. The van der Waals surface area contributed by atoms with Gasteiger partial charge in [0, 0.05) is 30.3 Å². The maximum Gasteiger partial charge on any atom is 0.162 e. The van der Waals surface area contributed by atoms with Crippen LogP contribution in [0.15, 0.2) is 11.8 Å². The van der Waals surface area contributed by atoms with Gasteiger partial charge in [0.1, 0.15) is 0 Å². The third kappa shape index (κ3) is 1.82. The second-order valence-electron chi connectivity index (χ2n) is 4.71. The molecule has 0 saturated carbocycles. The molecule has 2 heteroatoms. The summed E-state index contributed by atoms with van der Waals surface area (Å²) in [5.74, 6) is 0.635. The van der Waals surface area contributed by atoms with Crippen LogP contribution in [0.4, 0.5) is 0 Å². The highest BCUT2D eigenvalue weighted by Gasteiger charge is 2.37. The van der Waals surface area contributed by atoms with Gasteiger partial charge in [-0.05, 0) is 25.7 Å². The Morgan fingerprint density at radius 1 is 1.47 bits per heavy atom. The van der Waals surface area contributed by atoms with Crippen molar-refractivity contribution in [2.75, 3.05) is 6.54 Å². The van der Waals surface area contributed by atoms with Crippen molar-refractivity contribution >= 4 is 5.78 Å². The number of hydrogen-bond donors (Lipinski definition) is 0. The Bertz CT molecular complexity index is 282. The van der Waals surface area contributed by atoms with Crippen LogP contribution in [0.1, 0.15) is 46.0 Å². The van der Waals surface area contributed by atoms with Crippen molar-refractivity contribution in [2.24, 2.45) is 5.92 Å². The molecular formula is C13H21NO. The summed E-state index contributed by atoms with van der Waals surface area (Å²) in [5, 5.41) is 0. The number of hydrogen-bond acceptors (Lipinski definition) is 2. The van der Waals surface area contributed by atoms with Crippen molar-refractivity contribution in [3.63, 3.8) is 0 Å². The minimum absolute atomic E-state index is 0.256. The molecule has 0 unspecified atom stereocenters. The van der Waals surface area contributed by atoms with Crippen LogP contribution in [-0.2, 0) is 4.79 Å². The summed E-state index contributed by atoms with van der Waals surface area (Å²) in [6.07, 6.45) is 7.59. The zero-order chi connectivity index (χ0) is 10.8. The number of carbonyl (C=O) groups is 1. The lowest BCUT2D eigenvalue weighted by atomic mass is 9.85. The number of ketones is 1. The second-order valence-corrected chi connectivity index (χ2v) is 4.71.